The van der Waals surface area contributed by atoms with Crippen LogP contribution < -0.4 is 5.73 Å². The maximum atomic E-state index is 12.9. The van der Waals surface area contributed by atoms with E-state index in [1.54, 1.807) is 0 Å². The van der Waals surface area contributed by atoms with Crippen molar-refractivity contribution in [1.29, 1.82) is 0 Å². The number of aryl methyl sites for hydroxylation is 1. The summed E-state index contributed by atoms with van der Waals surface area (Å²) >= 11 is 0. The Hall–Kier alpha value is -1.03. The SMILES string of the molecule is Cc1cc(C(F)(F)CN)ccc1F. The molecule has 0 fully saturated rings. The standard InChI is InChI=1S/C9H10F3N/c1-6-4-7(2-3-8(6)10)9(11,12)5-13/h2-4H,5,13H2,1H3. The van der Waals surface area contributed by atoms with E-state index in [4.69, 9.17) is 5.73 Å². The van der Waals surface area contributed by atoms with Crippen LogP contribution in [0.15, 0.2) is 18.2 Å². The Morgan fingerprint density at radius 2 is 2.00 bits per heavy atom. The zero-order valence-electron chi connectivity index (χ0n) is 7.15. The number of alkyl halides is 2. The van der Waals surface area contributed by atoms with Crippen LogP contribution >= 0.6 is 0 Å². The van der Waals surface area contributed by atoms with Crippen molar-refractivity contribution in [3.63, 3.8) is 0 Å². The maximum Gasteiger partial charge on any atom is 0.285 e. The first-order valence-corrected chi connectivity index (χ1v) is 3.82. The van der Waals surface area contributed by atoms with E-state index in [0.29, 0.717) is 0 Å². The number of hydrogen-bond acceptors (Lipinski definition) is 1. The van der Waals surface area contributed by atoms with Crippen molar-refractivity contribution < 1.29 is 13.2 Å². The van der Waals surface area contributed by atoms with Crippen LogP contribution in [0, 0.1) is 12.7 Å². The summed E-state index contributed by atoms with van der Waals surface area (Å²) in [5.41, 5.74) is 4.84. The molecule has 2 N–H and O–H groups in total. The lowest BCUT2D eigenvalue weighted by Gasteiger charge is -2.14. The molecule has 0 spiro atoms. The molecule has 0 aliphatic carbocycles. The lowest BCUT2D eigenvalue weighted by Crippen LogP contribution is -2.25. The highest BCUT2D eigenvalue weighted by Gasteiger charge is 2.29. The van der Waals surface area contributed by atoms with Crippen molar-refractivity contribution in [1.82, 2.24) is 0 Å². The van der Waals surface area contributed by atoms with E-state index in [1.807, 2.05) is 0 Å². The second kappa shape index (κ2) is 3.38. The van der Waals surface area contributed by atoms with Gasteiger partial charge in [-0.05, 0) is 24.6 Å². The van der Waals surface area contributed by atoms with E-state index in [1.165, 1.54) is 6.92 Å². The van der Waals surface area contributed by atoms with Crippen molar-refractivity contribution >= 4 is 0 Å². The fourth-order valence-electron chi connectivity index (χ4n) is 0.990. The molecule has 0 atom stereocenters. The topological polar surface area (TPSA) is 26.0 Å². The Kier molecular flexibility index (Phi) is 2.61. The number of benzene rings is 1. The number of hydrogen-bond donors (Lipinski definition) is 1. The average Bonchev–Trinajstić information content (AvgIpc) is 2.09. The van der Waals surface area contributed by atoms with E-state index in [2.05, 4.69) is 0 Å². The van der Waals surface area contributed by atoms with Crippen LogP contribution in [0.5, 0.6) is 0 Å². The molecule has 0 aromatic heterocycles. The van der Waals surface area contributed by atoms with Gasteiger partial charge in [0.05, 0.1) is 6.54 Å². The minimum absolute atomic E-state index is 0.200. The van der Waals surface area contributed by atoms with Gasteiger partial charge in [0.25, 0.3) is 5.92 Å². The van der Waals surface area contributed by atoms with Gasteiger partial charge in [-0.2, -0.15) is 8.78 Å². The Labute approximate surface area is 74.4 Å². The first-order chi connectivity index (χ1) is 5.97. The molecule has 0 unspecified atom stereocenters. The summed E-state index contributed by atoms with van der Waals surface area (Å²) in [6, 6.07) is 3.19. The van der Waals surface area contributed by atoms with Gasteiger partial charge in [0.1, 0.15) is 5.82 Å². The Morgan fingerprint density at radius 1 is 1.38 bits per heavy atom. The number of nitrogens with two attached hydrogens (primary N) is 1. The molecule has 0 heterocycles. The first kappa shape index (κ1) is 10.1. The van der Waals surface area contributed by atoms with E-state index in [9.17, 15) is 13.2 Å². The van der Waals surface area contributed by atoms with Gasteiger partial charge in [-0.25, -0.2) is 4.39 Å². The molecule has 0 saturated carbocycles. The molecule has 0 amide bonds. The van der Waals surface area contributed by atoms with Gasteiger partial charge < -0.3 is 5.73 Å². The normalized spacial score (nSPS) is 11.8. The lowest BCUT2D eigenvalue weighted by atomic mass is 10.1. The predicted molar refractivity (Wildman–Crippen MR) is 44.1 cm³/mol. The van der Waals surface area contributed by atoms with Gasteiger partial charge in [0.2, 0.25) is 0 Å². The van der Waals surface area contributed by atoms with Gasteiger partial charge in [-0.15, -0.1) is 0 Å². The highest BCUT2D eigenvalue weighted by atomic mass is 19.3. The molecule has 1 aromatic carbocycles. The summed E-state index contributed by atoms with van der Waals surface area (Å²) in [5, 5.41) is 0. The van der Waals surface area contributed by atoms with E-state index in [-0.39, 0.29) is 11.1 Å². The Morgan fingerprint density at radius 3 is 2.46 bits per heavy atom. The first-order valence-electron chi connectivity index (χ1n) is 3.82. The van der Waals surface area contributed by atoms with Crippen molar-refractivity contribution in [2.45, 2.75) is 12.8 Å². The second-order valence-electron chi connectivity index (χ2n) is 2.87. The summed E-state index contributed by atoms with van der Waals surface area (Å²) in [6.07, 6.45) is 0. The predicted octanol–water partition coefficient (Wildman–Crippen LogP) is 2.18. The average molecular weight is 189 g/mol. The van der Waals surface area contributed by atoms with Crippen LogP contribution in [0.1, 0.15) is 11.1 Å². The summed E-state index contributed by atoms with van der Waals surface area (Å²) in [5.74, 6) is -3.56. The van der Waals surface area contributed by atoms with E-state index >= 15 is 0 Å². The molecule has 0 aliphatic rings. The second-order valence-corrected chi connectivity index (χ2v) is 2.87. The molecular formula is C9H10F3N. The Balaban J connectivity index is 3.10. The van der Waals surface area contributed by atoms with Crippen LogP contribution in [0.2, 0.25) is 0 Å². The quantitative estimate of drug-likeness (QED) is 0.758. The van der Waals surface area contributed by atoms with E-state index in [0.717, 1.165) is 18.2 Å². The van der Waals surface area contributed by atoms with Crippen molar-refractivity contribution in [2.75, 3.05) is 6.54 Å². The smallest absolute Gasteiger partial charge is 0.285 e. The van der Waals surface area contributed by atoms with Crippen LogP contribution in [0.4, 0.5) is 13.2 Å². The maximum absolute atomic E-state index is 12.9. The minimum Gasteiger partial charge on any atom is -0.325 e. The largest absolute Gasteiger partial charge is 0.325 e. The fourth-order valence-corrected chi connectivity index (χ4v) is 0.990. The highest BCUT2D eigenvalue weighted by molar-refractivity contribution is 5.27. The zero-order valence-corrected chi connectivity index (χ0v) is 7.15. The minimum atomic E-state index is -3.07. The third-order valence-electron chi connectivity index (χ3n) is 1.84. The van der Waals surface area contributed by atoms with Crippen molar-refractivity contribution in [2.24, 2.45) is 5.73 Å². The molecule has 1 nitrogen and oxygen atoms in total. The molecule has 72 valence electrons. The van der Waals surface area contributed by atoms with Gasteiger partial charge in [-0.1, -0.05) is 6.07 Å². The van der Waals surface area contributed by atoms with Gasteiger partial charge in [0.15, 0.2) is 0 Å². The van der Waals surface area contributed by atoms with Crippen molar-refractivity contribution in [3.8, 4) is 0 Å². The molecule has 1 aromatic rings. The Bertz CT molecular complexity index is 310. The van der Waals surface area contributed by atoms with Crippen LogP contribution in [0.3, 0.4) is 0 Å². The molecule has 13 heavy (non-hydrogen) atoms. The van der Waals surface area contributed by atoms with Crippen LogP contribution in [-0.2, 0) is 5.92 Å². The molecule has 0 saturated heterocycles. The summed E-state index contributed by atoms with van der Waals surface area (Å²) in [4.78, 5) is 0. The monoisotopic (exact) mass is 189 g/mol. The van der Waals surface area contributed by atoms with E-state index < -0.39 is 18.3 Å². The molecule has 0 bridgehead atoms. The zero-order chi connectivity index (χ0) is 10.1. The lowest BCUT2D eigenvalue weighted by molar-refractivity contribution is 0.00583. The molecular weight excluding hydrogens is 179 g/mol. The molecule has 0 radical (unpaired) electrons. The molecule has 1 rings (SSSR count). The van der Waals surface area contributed by atoms with Gasteiger partial charge in [-0.3, -0.25) is 0 Å². The highest BCUT2D eigenvalue weighted by Crippen LogP contribution is 2.27. The summed E-state index contributed by atoms with van der Waals surface area (Å²) in [6.45, 7) is 0.670. The third-order valence-corrected chi connectivity index (χ3v) is 1.84. The fraction of sp³-hybridized carbons (Fsp3) is 0.333. The van der Waals surface area contributed by atoms with Crippen molar-refractivity contribution in [3.05, 3.63) is 35.1 Å². The van der Waals surface area contributed by atoms with Crippen LogP contribution in [-0.4, -0.2) is 6.54 Å². The number of rotatable bonds is 2. The number of halogens is 3. The molecule has 4 heteroatoms. The van der Waals surface area contributed by atoms with Crippen LogP contribution in [0.25, 0.3) is 0 Å². The third kappa shape index (κ3) is 2.01. The van der Waals surface area contributed by atoms with Gasteiger partial charge in [0, 0.05) is 5.56 Å². The summed E-state index contributed by atoms with van der Waals surface area (Å²) < 4.78 is 38.6. The molecule has 0 aliphatic heterocycles. The van der Waals surface area contributed by atoms with Gasteiger partial charge >= 0.3 is 0 Å². The summed E-state index contributed by atoms with van der Waals surface area (Å²) in [7, 11) is 0.